The van der Waals surface area contributed by atoms with Crippen LogP contribution in [-0.4, -0.2) is 36.4 Å². The summed E-state index contributed by atoms with van der Waals surface area (Å²) in [6.45, 7) is 6.20. The van der Waals surface area contributed by atoms with Crippen molar-refractivity contribution in [2.45, 2.75) is 26.7 Å². The number of hydrogen-bond donors (Lipinski definition) is 0. The van der Waals surface area contributed by atoms with Gasteiger partial charge in [-0.25, -0.2) is 4.90 Å². The summed E-state index contributed by atoms with van der Waals surface area (Å²) in [6.07, 6.45) is 2.13. The SMILES string of the molecule is CCOc1ccc(C2=C(N3CCCC(C)C3)C(=O)N(c3cccc(Cl)c3)C2=O)cc1. The number of imide groups is 1. The first-order valence-electron chi connectivity index (χ1n) is 10.4. The zero-order valence-electron chi connectivity index (χ0n) is 17.2. The predicted molar refractivity (Wildman–Crippen MR) is 118 cm³/mol. The van der Waals surface area contributed by atoms with Gasteiger partial charge in [-0.3, -0.25) is 9.59 Å². The molecule has 0 aromatic heterocycles. The number of halogens is 1. The maximum absolute atomic E-state index is 13.5. The lowest BCUT2D eigenvalue weighted by molar-refractivity contribution is -0.120. The van der Waals surface area contributed by atoms with Crippen LogP contribution in [0.5, 0.6) is 5.75 Å². The van der Waals surface area contributed by atoms with Crippen LogP contribution in [0.3, 0.4) is 0 Å². The van der Waals surface area contributed by atoms with E-state index in [4.69, 9.17) is 16.3 Å². The molecule has 0 bridgehead atoms. The van der Waals surface area contributed by atoms with E-state index >= 15 is 0 Å². The standard InChI is InChI=1S/C24H25ClN2O3/c1-3-30-20-11-9-17(10-12-20)21-22(26-13-5-6-16(2)15-26)24(29)27(23(21)28)19-8-4-7-18(25)14-19/h4,7-12,14,16H,3,5-6,13,15H2,1-2H3. The maximum atomic E-state index is 13.5. The molecule has 2 aliphatic rings. The number of amides is 2. The Morgan fingerprint density at radius 2 is 1.87 bits per heavy atom. The first-order chi connectivity index (χ1) is 14.5. The quantitative estimate of drug-likeness (QED) is 0.649. The molecule has 4 rings (SSSR count). The second kappa shape index (κ2) is 8.52. The van der Waals surface area contributed by atoms with Crippen molar-refractivity contribution in [1.29, 1.82) is 0 Å². The number of ether oxygens (including phenoxy) is 1. The van der Waals surface area contributed by atoms with Crippen molar-refractivity contribution in [3.05, 3.63) is 64.8 Å². The van der Waals surface area contributed by atoms with E-state index in [2.05, 4.69) is 11.8 Å². The first-order valence-corrected chi connectivity index (χ1v) is 10.7. The van der Waals surface area contributed by atoms with Crippen LogP contribution >= 0.6 is 11.6 Å². The van der Waals surface area contributed by atoms with Gasteiger partial charge in [0.25, 0.3) is 11.8 Å². The van der Waals surface area contributed by atoms with Gasteiger partial charge < -0.3 is 9.64 Å². The fourth-order valence-electron chi connectivity index (χ4n) is 4.20. The van der Waals surface area contributed by atoms with Crippen LogP contribution in [0.2, 0.25) is 5.02 Å². The van der Waals surface area contributed by atoms with E-state index in [1.54, 1.807) is 24.3 Å². The number of carbonyl (C=O) groups is 2. The molecule has 0 radical (unpaired) electrons. The van der Waals surface area contributed by atoms with Gasteiger partial charge in [-0.15, -0.1) is 0 Å². The van der Waals surface area contributed by atoms with Crippen molar-refractivity contribution in [3.63, 3.8) is 0 Å². The Labute approximate surface area is 181 Å². The average Bonchev–Trinajstić information content (AvgIpc) is 2.99. The van der Waals surface area contributed by atoms with Crippen LogP contribution in [0.15, 0.2) is 54.2 Å². The van der Waals surface area contributed by atoms with E-state index in [0.717, 1.165) is 37.2 Å². The van der Waals surface area contributed by atoms with Crippen LogP contribution in [0, 0.1) is 5.92 Å². The second-order valence-corrected chi connectivity index (χ2v) is 8.24. The minimum atomic E-state index is -0.320. The first kappa shape index (κ1) is 20.5. The third kappa shape index (κ3) is 3.82. The molecule has 6 heteroatoms. The lowest BCUT2D eigenvalue weighted by Crippen LogP contribution is -2.39. The van der Waals surface area contributed by atoms with Crippen LogP contribution in [-0.2, 0) is 9.59 Å². The Kier molecular flexibility index (Phi) is 5.82. The summed E-state index contributed by atoms with van der Waals surface area (Å²) in [5, 5.41) is 0.482. The fourth-order valence-corrected chi connectivity index (χ4v) is 4.38. The second-order valence-electron chi connectivity index (χ2n) is 7.80. The molecule has 0 saturated carbocycles. The smallest absolute Gasteiger partial charge is 0.282 e. The van der Waals surface area contributed by atoms with E-state index in [1.807, 2.05) is 31.2 Å². The molecular weight excluding hydrogens is 400 g/mol. The van der Waals surface area contributed by atoms with Gasteiger partial charge in [-0.2, -0.15) is 0 Å². The molecule has 156 valence electrons. The lowest BCUT2D eigenvalue weighted by atomic mass is 9.97. The van der Waals surface area contributed by atoms with Gasteiger partial charge >= 0.3 is 0 Å². The highest BCUT2D eigenvalue weighted by Gasteiger charge is 2.43. The molecule has 0 N–H and O–H groups in total. The topological polar surface area (TPSA) is 49.9 Å². The Morgan fingerprint density at radius 1 is 1.10 bits per heavy atom. The van der Waals surface area contributed by atoms with E-state index in [-0.39, 0.29) is 11.8 Å². The fraction of sp³-hybridized carbons (Fsp3) is 0.333. The number of rotatable bonds is 5. The zero-order chi connectivity index (χ0) is 21.3. The van der Waals surface area contributed by atoms with Gasteiger partial charge in [0.15, 0.2) is 0 Å². The number of likely N-dealkylation sites (tertiary alicyclic amines) is 1. The number of hydrogen-bond acceptors (Lipinski definition) is 4. The summed E-state index contributed by atoms with van der Waals surface area (Å²) in [5.41, 5.74) is 2.13. The zero-order valence-corrected chi connectivity index (χ0v) is 18.0. The van der Waals surface area contributed by atoms with Crippen molar-refractivity contribution in [3.8, 4) is 5.75 Å². The third-order valence-electron chi connectivity index (χ3n) is 5.55. The van der Waals surface area contributed by atoms with Crippen molar-refractivity contribution < 1.29 is 14.3 Å². The maximum Gasteiger partial charge on any atom is 0.282 e. The largest absolute Gasteiger partial charge is 0.494 e. The highest BCUT2D eigenvalue weighted by Crippen LogP contribution is 2.37. The molecule has 0 aliphatic carbocycles. The van der Waals surface area contributed by atoms with Gasteiger partial charge in [0.1, 0.15) is 11.4 Å². The molecule has 2 aromatic carbocycles. The molecule has 2 aliphatic heterocycles. The lowest BCUT2D eigenvalue weighted by Gasteiger charge is -2.33. The number of nitrogens with zero attached hydrogens (tertiary/aromatic N) is 2. The average molecular weight is 425 g/mol. The van der Waals surface area contributed by atoms with Crippen LogP contribution in [0.4, 0.5) is 5.69 Å². The minimum Gasteiger partial charge on any atom is -0.494 e. The molecule has 30 heavy (non-hydrogen) atoms. The van der Waals surface area contributed by atoms with E-state index in [9.17, 15) is 9.59 Å². The normalized spacial score (nSPS) is 19.6. The Balaban J connectivity index is 1.79. The monoisotopic (exact) mass is 424 g/mol. The molecular formula is C24H25ClN2O3. The summed E-state index contributed by atoms with van der Waals surface area (Å²) in [4.78, 5) is 30.4. The van der Waals surface area contributed by atoms with Gasteiger partial charge in [0, 0.05) is 18.1 Å². The Bertz CT molecular complexity index is 1000. The summed E-state index contributed by atoms with van der Waals surface area (Å²) in [6, 6.07) is 14.2. The molecule has 2 heterocycles. The van der Waals surface area contributed by atoms with Gasteiger partial charge in [-0.05, 0) is 61.6 Å². The summed E-state index contributed by atoms with van der Waals surface area (Å²) in [7, 11) is 0. The number of anilines is 1. The van der Waals surface area contributed by atoms with Crippen LogP contribution in [0.1, 0.15) is 32.3 Å². The minimum absolute atomic E-state index is 0.291. The third-order valence-corrected chi connectivity index (χ3v) is 5.79. The van der Waals surface area contributed by atoms with E-state index < -0.39 is 0 Å². The molecule has 2 amide bonds. The highest BCUT2D eigenvalue weighted by molar-refractivity contribution is 6.45. The number of piperidine rings is 1. The summed E-state index contributed by atoms with van der Waals surface area (Å²) < 4.78 is 5.53. The molecule has 0 spiro atoms. The molecule has 1 unspecified atom stereocenters. The van der Waals surface area contributed by atoms with E-state index in [0.29, 0.717) is 34.5 Å². The number of benzene rings is 2. The van der Waals surface area contributed by atoms with Crippen LogP contribution < -0.4 is 9.64 Å². The molecule has 1 fully saturated rings. The molecule has 1 atom stereocenters. The molecule has 5 nitrogen and oxygen atoms in total. The predicted octanol–water partition coefficient (Wildman–Crippen LogP) is 4.76. The van der Waals surface area contributed by atoms with Gasteiger partial charge in [0.05, 0.1) is 17.9 Å². The van der Waals surface area contributed by atoms with E-state index in [1.165, 1.54) is 4.90 Å². The van der Waals surface area contributed by atoms with Gasteiger partial charge in [0.2, 0.25) is 0 Å². The highest BCUT2D eigenvalue weighted by atomic mass is 35.5. The summed E-state index contributed by atoms with van der Waals surface area (Å²) >= 11 is 6.14. The van der Waals surface area contributed by atoms with Crippen LogP contribution in [0.25, 0.3) is 5.57 Å². The van der Waals surface area contributed by atoms with Crippen molar-refractivity contribution in [2.24, 2.45) is 5.92 Å². The van der Waals surface area contributed by atoms with Crippen molar-refractivity contribution in [1.82, 2.24) is 4.90 Å². The summed E-state index contributed by atoms with van der Waals surface area (Å²) in [5.74, 6) is 0.592. The molecule has 2 aromatic rings. The number of carbonyl (C=O) groups excluding carboxylic acids is 2. The Hall–Kier alpha value is -2.79. The van der Waals surface area contributed by atoms with Gasteiger partial charge in [-0.1, -0.05) is 36.7 Å². The molecule has 1 saturated heterocycles. The Morgan fingerprint density at radius 3 is 2.53 bits per heavy atom. The van der Waals surface area contributed by atoms with Crippen molar-refractivity contribution >= 4 is 34.7 Å². The van der Waals surface area contributed by atoms with Crippen molar-refractivity contribution in [2.75, 3.05) is 24.6 Å².